The third-order valence-corrected chi connectivity index (χ3v) is 3.77. The number of hydrogen-bond acceptors (Lipinski definition) is 4. The Morgan fingerprint density at radius 2 is 2.15 bits per heavy atom. The Labute approximate surface area is 176 Å². The lowest BCUT2D eigenvalue weighted by Crippen LogP contribution is -2.38. The highest BCUT2D eigenvalue weighted by atomic mass is 127. The molecule has 0 bridgehead atoms. The number of guanidine groups is 1. The molecule has 1 aromatic carbocycles. The van der Waals surface area contributed by atoms with E-state index < -0.39 is 0 Å². The molecule has 0 fully saturated rings. The molecule has 1 aromatic heterocycles. The van der Waals surface area contributed by atoms with Crippen molar-refractivity contribution in [2.75, 3.05) is 19.7 Å². The van der Waals surface area contributed by atoms with E-state index in [0.717, 1.165) is 47.6 Å². The highest BCUT2D eigenvalue weighted by Crippen LogP contribution is 2.21. The molecule has 0 amide bonds. The minimum absolute atomic E-state index is 0. The lowest BCUT2D eigenvalue weighted by Gasteiger charge is -2.12. The van der Waals surface area contributed by atoms with Crippen LogP contribution in [0.1, 0.15) is 24.7 Å². The lowest BCUT2D eigenvalue weighted by molar-refractivity contribution is 0.309. The summed E-state index contributed by atoms with van der Waals surface area (Å²) in [7, 11) is 1.86. The summed E-state index contributed by atoms with van der Waals surface area (Å²) in [6.45, 7) is 6.68. The molecule has 26 heavy (non-hydrogen) atoms. The number of nitrogens with zero attached hydrogens (tertiary/aromatic N) is 4. The van der Waals surface area contributed by atoms with Crippen LogP contribution in [0.3, 0.4) is 0 Å². The van der Waals surface area contributed by atoms with E-state index in [4.69, 9.17) is 16.3 Å². The molecule has 0 spiro atoms. The fourth-order valence-corrected chi connectivity index (χ4v) is 2.42. The van der Waals surface area contributed by atoms with Crippen molar-refractivity contribution >= 4 is 41.5 Å². The molecule has 0 aliphatic heterocycles. The predicted molar refractivity (Wildman–Crippen MR) is 116 cm³/mol. The number of hydrogen-bond donors (Lipinski definition) is 2. The van der Waals surface area contributed by atoms with Crippen LogP contribution in [0.15, 0.2) is 29.5 Å². The van der Waals surface area contributed by atoms with Crippen LogP contribution < -0.4 is 15.4 Å². The van der Waals surface area contributed by atoms with Crippen molar-refractivity contribution < 1.29 is 4.74 Å². The predicted octanol–water partition coefficient (Wildman–Crippen LogP) is 2.92. The summed E-state index contributed by atoms with van der Waals surface area (Å²) in [6.07, 6.45) is 2.39. The first kappa shape index (κ1) is 22.5. The second kappa shape index (κ2) is 11.9. The molecule has 9 heteroatoms. The van der Waals surface area contributed by atoms with Crippen LogP contribution in [-0.4, -0.2) is 40.4 Å². The van der Waals surface area contributed by atoms with E-state index in [-0.39, 0.29) is 24.0 Å². The Balaban J connectivity index is 0.00000338. The van der Waals surface area contributed by atoms with Gasteiger partial charge in [-0.3, -0.25) is 4.68 Å². The number of aliphatic imine (C=N–C) groups is 1. The van der Waals surface area contributed by atoms with Gasteiger partial charge < -0.3 is 15.4 Å². The van der Waals surface area contributed by atoms with Gasteiger partial charge in [-0.15, -0.1) is 24.0 Å². The van der Waals surface area contributed by atoms with Gasteiger partial charge >= 0.3 is 0 Å². The first-order valence-electron chi connectivity index (χ1n) is 8.34. The maximum Gasteiger partial charge on any atom is 0.191 e. The third kappa shape index (κ3) is 7.36. The molecule has 0 radical (unpaired) electrons. The van der Waals surface area contributed by atoms with E-state index in [1.165, 1.54) is 6.33 Å². The number of ether oxygens (including phenoxy) is 1. The summed E-state index contributed by atoms with van der Waals surface area (Å²) < 4.78 is 7.51. The fraction of sp³-hybridized carbons (Fsp3) is 0.471. The zero-order valence-corrected chi connectivity index (χ0v) is 18.4. The molecule has 0 aliphatic rings. The average molecular weight is 493 g/mol. The third-order valence-electron chi connectivity index (χ3n) is 3.54. The summed E-state index contributed by atoms with van der Waals surface area (Å²) in [6, 6.07) is 5.64. The van der Waals surface area contributed by atoms with E-state index in [1.54, 1.807) is 4.68 Å². The van der Waals surface area contributed by atoms with Gasteiger partial charge in [0.1, 0.15) is 24.4 Å². The van der Waals surface area contributed by atoms with Gasteiger partial charge in [0.05, 0.1) is 6.61 Å². The SMILES string of the molecule is CCNC(=NCc1ncnn1C)NCCCOc1ccc(Cl)cc1C.I. The van der Waals surface area contributed by atoms with Crippen LogP contribution in [0.5, 0.6) is 5.75 Å². The summed E-state index contributed by atoms with van der Waals surface area (Å²) in [5.74, 6) is 2.44. The van der Waals surface area contributed by atoms with E-state index in [2.05, 4.69) is 25.7 Å². The zero-order valence-electron chi connectivity index (χ0n) is 15.3. The van der Waals surface area contributed by atoms with Crippen molar-refractivity contribution in [2.45, 2.75) is 26.8 Å². The van der Waals surface area contributed by atoms with Gasteiger partial charge in [0, 0.05) is 25.2 Å². The molecule has 0 saturated heterocycles. The normalized spacial score (nSPS) is 11.0. The smallest absolute Gasteiger partial charge is 0.191 e. The van der Waals surface area contributed by atoms with Gasteiger partial charge in [-0.1, -0.05) is 11.6 Å². The van der Waals surface area contributed by atoms with E-state index in [9.17, 15) is 0 Å². The van der Waals surface area contributed by atoms with Crippen molar-refractivity contribution in [1.29, 1.82) is 0 Å². The van der Waals surface area contributed by atoms with Gasteiger partial charge in [-0.05, 0) is 44.0 Å². The van der Waals surface area contributed by atoms with E-state index in [0.29, 0.717) is 13.2 Å². The zero-order chi connectivity index (χ0) is 18.1. The van der Waals surface area contributed by atoms with Crippen LogP contribution >= 0.6 is 35.6 Å². The Bertz CT molecular complexity index is 706. The second-order valence-corrected chi connectivity index (χ2v) is 5.97. The average Bonchev–Trinajstić information content (AvgIpc) is 2.99. The van der Waals surface area contributed by atoms with Crippen LogP contribution in [0, 0.1) is 6.92 Å². The van der Waals surface area contributed by atoms with Gasteiger partial charge in [-0.2, -0.15) is 5.10 Å². The molecule has 2 rings (SSSR count). The number of aryl methyl sites for hydroxylation is 2. The first-order valence-corrected chi connectivity index (χ1v) is 8.72. The van der Waals surface area contributed by atoms with Crippen molar-refractivity contribution in [3.8, 4) is 5.75 Å². The highest BCUT2D eigenvalue weighted by Gasteiger charge is 2.02. The van der Waals surface area contributed by atoms with Crippen LogP contribution in [0.2, 0.25) is 5.02 Å². The topological polar surface area (TPSA) is 76.4 Å². The molecule has 2 N–H and O–H groups in total. The standard InChI is InChI=1S/C17H25ClN6O.HI/c1-4-19-17(21-11-16-22-12-23-24(16)3)20-8-5-9-25-15-7-6-14(18)10-13(15)2;/h6-7,10,12H,4-5,8-9,11H2,1-3H3,(H2,19,20,21);1H. The van der Waals surface area contributed by atoms with Gasteiger partial charge in [0.15, 0.2) is 5.96 Å². The van der Waals surface area contributed by atoms with Crippen molar-refractivity contribution in [1.82, 2.24) is 25.4 Å². The Hall–Kier alpha value is -1.55. The minimum atomic E-state index is 0. The summed E-state index contributed by atoms with van der Waals surface area (Å²) in [5.41, 5.74) is 1.04. The molecule has 0 aliphatic carbocycles. The number of halogens is 2. The maximum absolute atomic E-state index is 5.95. The minimum Gasteiger partial charge on any atom is -0.493 e. The molecule has 0 saturated carbocycles. The summed E-state index contributed by atoms with van der Waals surface area (Å²) in [5, 5.41) is 11.3. The second-order valence-electron chi connectivity index (χ2n) is 5.53. The van der Waals surface area contributed by atoms with E-state index >= 15 is 0 Å². The van der Waals surface area contributed by atoms with E-state index in [1.807, 2.05) is 39.1 Å². The van der Waals surface area contributed by atoms with Crippen LogP contribution in [-0.2, 0) is 13.6 Å². The quantitative estimate of drug-likeness (QED) is 0.256. The largest absolute Gasteiger partial charge is 0.493 e. The monoisotopic (exact) mass is 492 g/mol. The van der Waals surface area contributed by atoms with Crippen molar-refractivity contribution in [3.63, 3.8) is 0 Å². The van der Waals surface area contributed by atoms with Gasteiger partial charge in [0.25, 0.3) is 0 Å². The molecular formula is C17H26ClIN6O. The molecule has 0 atom stereocenters. The number of aromatic nitrogens is 3. The fourth-order valence-electron chi connectivity index (χ4n) is 2.19. The van der Waals surface area contributed by atoms with Crippen LogP contribution in [0.25, 0.3) is 0 Å². The summed E-state index contributed by atoms with van der Waals surface area (Å²) >= 11 is 5.95. The number of nitrogens with one attached hydrogen (secondary N) is 2. The molecule has 0 unspecified atom stereocenters. The molecule has 2 aromatic rings. The highest BCUT2D eigenvalue weighted by molar-refractivity contribution is 14.0. The van der Waals surface area contributed by atoms with Crippen molar-refractivity contribution in [3.05, 3.63) is 40.9 Å². The van der Waals surface area contributed by atoms with Crippen molar-refractivity contribution in [2.24, 2.45) is 12.0 Å². The van der Waals surface area contributed by atoms with Crippen LogP contribution in [0.4, 0.5) is 0 Å². The lowest BCUT2D eigenvalue weighted by atomic mass is 10.2. The molecule has 1 heterocycles. The Morgan fingerprint density at radius 1 is 1.35 bits per heavy atom. The first-order chi connectivity index (χ1) is 12.1. The number of benzene rings is 1. The van der Waals surface area contributed by atoms with Gasteiger partial charge in [-0.25, -0.2) is 9.98 Å². The summed E-state index contributed by atoms with van der Waals surface area (Å²) in [4.78, 5) is 8.68. The molecule has 144 valence electrons. The molecule has 7 nitrogen and oxygen atoms in total. The Morgan fingerprint density at radius 3 is 2.81 bits per heavy atom. The maximum atomic E-state index is 5.95. The molecular weight excluding hydrogens is 467 g/mol. The number of rotatable bonds is 8. The Kier molecular flexibility index (Phi) is 10.3. The van der Waals surface area contributed by atoms with Gasteiger partial charge in [0.2, 0.25) is 0 Å².